The van der Waals surface area contributed by atoms with Crippen molar-refractivity contribution in [1.82, 2.24) is 0 Å². The van der Waals surface area contributed by atoms with Crippen LogP contribution in [0.1, 0.15) is 19.3 Å². The Bertz CT molecular complexity index is 317. The molecule has 1 aliphatic rings. The van der Waals surface area contributed by atoms with E-state index in [0.717, 1.165) is 6.61 Å². The second-order valence-electron chi connectivity index (χ2n) is 5.45. The minimum absolute atomic E-state index is 0.613. The van der Waals surface area contributed by atoms with Crippen LogP contribution in [0.4, 0.5) is 0 Å². The Morgan fingerprint density at radius 1 is 1.19 bits per heavy atom. The predicted octanol–water partition coefficient (Wildman–Crippen LogP) is 3.17. The molecule has 0 amide bonds. The maximum atomic E-state index is 5.24. The zero-order valence-electron chi connectivity index (χ0n) is 10.4. The van der Waals surface area contributed by atoms with E-state index >= 15 is 0 Å². The number of hydrogen-bond donors (Lipinski definition) is 0. The SMILES string of the molecule is C[Si](C)(CCCCC1CO1)c1ccccc1. The molecule has 1 nitrogen and oxygen atoms in total. The molecule has 88 valence electrons. The van der Waals surface area contributed by atoms with E-state index in [0.29, 0.717) is 6.10 Å². The molecular weight excluding hydrogens is 212 g/mol. The molecule has 1 aromatic rings. The molecule has 0 aliphatic carbocycles. The number of rotatable bonds is 6. The number of epoxide rings is 1. The van der Waals surface area contributed by atoms with Crippen molar-refractivity contribution in [3.63, 3.8) is 0 Å². The van der Waals surface area contributed by atoms with E-state index in [4.69, 9.17) is 4.74 Å². The monoisotopic (exact) mass is 234 g/mol. The largest absolute Gasteiger partial charge is 0.373 e. The van der Waals surface area contributed by atoms with Crippen LogP contribution < -0.4 is 5.19 Å². The smallest absolute Gasteiger partial charge is 0.0810 e. The van der Waals surface area contributed by atoms with E-state index in [-0.39, 0.29) is 0 Å². The Morgan fingerprint density at radius 3 is 2.50 bits per heavy atom. The molecule has 0 N–H and O–H groups in total. The van der Waals surface area contributed by atoms with Gasteiger partial charge in [-0.2, -0.15) is 0 Å². The molecule has 1 unspecified atom stereocenters. The molecule has 1 aliphatic heterocycles. The first-order chi connectivity index (χ1) is 7.68. The van der Waals surface area contributed by atoms with Gasteiger partial charge in [0, 0.05) is 0 Å². The average molecular weight is 234 g/mol. The van der Waals surface area contributed by atoms with Crippen molar-refractivity contribution >= 4 is 13.3 Å². The summed E-state index contributed by atoms with van der Waals surface area (Å²) in [7, 11) is -1.17. The zero-order chi connectivity index (χ0) is 11.4. The van der Waals surface area contributed by atoms with Gasteiger partial charge in [-0.1, -0.05) is 67.5 Å². The zero-order valence-corrected chi connectivity index (χ0v) is 11.4. The van der Waals surface area contributed by atoms with Gasteiger partial charge in [0.25, 0.3) is 0 Å². The molecule has 0 bridgehead atoms. The molecule has 0 radical (unpaired) electrons. The van der Waals surface area contributed by atoms with Gasteiger partial charge >= 0.3 is 0 Å². The minimum Gasteiger partial charge on any atom is -0.373 e. The van der Waals surface area contributed by atoms with E-state index in [9.17, 15) is 0 Å². The van der Waals surface area contributed by atoms with Crippen LogP contribution in [0.3, 0.4) is 0 Å². The van der Waals surface area contributed by atoms with Crippen molar-refractivity contribution in [1.29, 1.82) is 0 Å². The van der Waals surface area contributed by atoms with Crippen molar-refractivity contribution in [2.45, 2.75) is 44.5 Å². The Hall–Kier alpha value is -0.603. The van der Waals surface area contributed by atoms with Crippen LogP contribution in [0.2, 0.25) is 19.1 Å². The summed E-state index contributed by atoms with van der Waals surface area (Å²) < 4.78 is 5.24. The molecular formula is C14H22OSi. The molecule has 1 aromatic carbocycles. The van der Waals surface area contributed by atoms with Crippen molar-refractivity contribution < 1.29 is 4.74 Å². The second kappa shape index (κ2) is 5.15. The summed E-state index contributed by atoms with van der Waals surface area (Å²) in [5.41, 5.74) is 0. The third-order valence-electron chi connectivity index (χ3n) is 3.54. The third-order valence-corrected chi connectivity index (χ3v) is 7.04. The van der Waals surface area contributed by atoms with Gasteiger partial charge in [0.15, 0.2) is 0 Å². The highest BCUT2D eigenvalue weighted by Gasteiger charge is 2.24. The quantitative estimate of drug-likeness (QED) is 0.418. The Morgan fingerprint density at radius 2 is 1.88 bits per heavy atom. The van der Waals surface area contributed by atoms with E-state index in [2.05, 4.69) is 43.4 Å². The lowest BCUT2D eigenvalue weighted by Crippen LogP contribution is -2.40. The first kappa shape index (κ1) is 11.9. The van der Waals surface area contributed by atoms with Crippen LogP contribution in [0.5, 0.6) is 0 Å². The lowest BCUT2D eigenvalue weighted by molar-refractivity contribution is 0.391. The lowest BCUT2D eigenvalue weighted by atomic mass is 10.2. The number of ether oxygens (including phenoxy) is 1. The van der Waals surface area contributed by atoms with Gasteiger partial charge in [0.2, 0.25) is 0 Å². The molecule has 1 atom stereocenters. The Kier molecular flexibility index (Phi) is 3.82. The van der Waals surface area contributed by atoms with E-state index in [1.807, 2.05) is 0 Å². The highest BCUT2D eigenvalue weighted by atomic mass is 28.3. The lowest BCUT2D eigenvalue weighted by Gasteiger charge is -2.22. The van der Waals surface area contributed by atoms with Crippen LogP contribution in [-0.4, -0.2) is 20.8 Å². The van der Waals surface area contributed by atoms with Crippen LogP contribution in [0.15, 0.2) is 30.3 Å². The maximum Gasteiger partial charge on any atom is 0.0810 e. The highest BCUT2D eigenvalue weighted by molar-refractivity contribution is 6.89. The van der Waals surface area contributed by atoms with Gasteiger partial charge in [0.05, 0.1) is 20.8 Å². The first-order valence-corrected chi connectivity index (χ1v) is 9.56. The van der Waals surface area contributed by atoms with Crippen LogP contribution >= 0.6 is 0 Å². The van der Waals surface area contributed by atoms with Crippen LogP contribution in [0.25, 0.3) is 0 Å². The fourth-order valence-electron chi connectivity index (χ4n) is 2.21. The highest BCUT2D eigenvalue weighted by Crippen LogP contribution is 2.20. The van der Waals surface area contributed by atoms with Gasteiger partial charge in [-0.15, -0.1) is 0 Å². The summed E-state index contributed by atoms with van der Waals surface area (Å²) in [5.74, 6) is 0. The van der Waals surface area contributed by atoms with Crippen LogP contribution in [0, 0.1) is 0 Å². The van der Waals surface area contributed by atoms with Gasteiger partial charge in [-0.25, -0.2) is 0 Å². The van der Waals surface area contributed by atoms with E-state index < -0.39 is 8.07 Å². The first-order valence-electron chi connectivity index (χ1n) is 6.36. The van der Waals surface area contributed by atoms with Crippen molar-refractivity contribution in [2.24, 2.45) is 0 Å². The molecule has 1 fully saturated rings. The molecule has 16 heavy (non-hydrogen) atoms. The van der Waals surface area contributed by atoms with Gasteiger partial charge in [-0.3, -0.25) is 0 Å². The van der Waals surface area contributed by atoms with E-state index in [1.54, 1.807) is 5.19 Å². The van der Waals surface area contributed by atoms with Crippen molar-refractivity contribution in [3.05, 3.63) is 30.3 Å². The summed E-state index contributed by atoms with van der Waals surface area (Å²) in [4.78, 5) is 0. The normalized spacial score (nSPS) is 19.8. The molecule has 1 heterocycles. The Balaban J connectivity index is 1.77. The summed E-state index contributed by atoms with van der Waals surface area (Å²) >= 11 is 0. The summed E-state index contributed by atoms with van der Waals surface area (Å²) in [6.07, 6.45) is 4.60. The minimum atomic E-state index is -1.17. The molecule has 2 heteroatoms. The summed E-state index contributed by atoms with van der Waals surface area (Å²) in [5, 5.41) is 1.60. The molecule has 2 rings (SSSR count). The predicted molar refractivity (Wildman–Crippen MR) is 72.0 cm³/mol. The van der Waals surface area contributed by atoms with Gasteiger partial charge < -0.3 is 4.74 Å². The fraction of sp³-hybridized carbons (Fsp3) is 0.571. The molecule has 0 spiro atoms. The van der Waals surface area contributed by atoms with Crippen molar-refractivity contribution in [3.8, 4) is 0 Å². The number of benzene rings is 1. The summed E-state index contributed by atoms with van der Waals surface area (Å²) in [6.45, 7) is 5.98. The standard InChI is InChI=1S/C14H22OSi/c1-16(2,14-9-4-3-5-10-14)11-7-6-8-13-12-15-13/h3-5,9-10,13H,6-8,11-12H2,1-2H3. The molecule has 1 saturated heterocycles. The average Bonchev–Trinajstić information content (AvgIpc) is 3.10. The fourth-order valence-corrected chi connectivity index (χ4v) is 4.72. The Labute approximate surface area is 99.8 Å². The van der Waals surface area contributed by atoms with Gasteiger partial charge in [-0.05, 0) is 6.42 Å². The maximum absolute atomic E-state index is 5.24. The second-order valence-corrected chi connectivity index (χ2v) is 10.3. The van der Waals surface area contributed by atoms with Crippen molar-refractivity contribution in [2.75, 3.05) is 6.61 Å². The molecule has 0 saturated carbocycles. The topological polar surface area (TPSA) is 12.5 Å². The molecule has 0 aromatic heterocycles. The van der Waals surface area contributed by atoms with E-state index in [1.165, 1.54) is 25.3 Å². The third kappa shape index (κ3) is 3.46. The number of hydrogen-bond acceptors (Lipinski definition) is 1. The van der Waals surface area contributed by atoms with Crippen LogP contribution in [-0.2, 0) is 4.74 Å². The number of unbranched alkanes of at least 4 members (excludes halogenated alkanes) is 1. The van der Waals surface area contributed by atoms with Gasteiger partial charge in [0.1, 0.15) is 0 Å². The summed E-state index contributed by atoms with van der Waals surface area (Å²) in [6, 6.07) is 12.5.